The predicted molar refractivity (Wildman–Crippen MR) is 81.1 cm³/mol. The van der Waals surface area contributed by atoms with Crippen LogP contribution in [0.25, 0.3) is 0 Å². The van der Waals surface area contributed by atoms with Crippen LogP contribution in [0.2, 0.25) is 0 Å². The predicted octanol–water partition coefficient (Wildman–Crippen LogP) is 1.58. The van der Waals surface area contributed by atoms with Gasteiger partial charge in [0.1, 0.15) is 0 Å². The lowest BCUT2D eigenvalue weighted by Gasteiger charge is -2.06. The van der Waals surface area contributed by atoms with Crippen molar-refractivity contribution in [3.05, 3.63) is 41.8 Å². The maximum atomic E-state index is 11.7. The fraction of sp³-hybridized carbons (Fsp3) is 0.286. The molecule has 2 rings (SSSR count). The quantitative estimate of drug-likeness (QED) is 0.619. The molecule has 2 N–H and O–H groups in total. The Labute approximate surface area is 131 Å². The molecule has 1 aromatic heterocycles. The summed E-state index contributed by atoms with van der Waals surface area (Å²) < 4.78 is 5.34. The van der Waals surface area contributed by atoms with Gasteiger partial charge < -0.3 is 4.42 Å². The van der Waals surface area contributed by atoms with Crippen LogP contribution in [0.3, 0.4) is 0 Å². The van der Waals surface area contributed by atoms with Crippen LogP contribution in [0.15, 0.2) is 40.0 Å². The summed E-state index contributed by atoms with van der Waals surface area (Å²) in [6.07, 6.45) is 1.63. The van der Waals surface area contributed by atoms with E-state index in [1.807, 2.05) is 13.0 Å². The van der Waals surface area contributed by atoms with Gasteiger partial charge in [0, 0.05) is 12.0 Å². The number of nitrogens with zero attached hydrogens (tertiary/aromatic N) is 2. The van der Waals surface area contributed by atoms with Crippen LogP contribution in [0.1, 0.15) is 29.6 Å². The number of nitrogens with one attached hydrogen (secondary N) is 2. The van der Waals surface area contributed by atoms with Gasteiger partial charge in [0.05, 0.1) is 5.75 Å². The first-order valence-electron chi connectivity index (χ1n) is 6.78. The number of hydrazine groups is 1. The third-order valence-corrected chi connectivity index (χ3v) is 3.41. The van der Waals surface area contributed by atoms with E-state index in [4.69, 9.17) is 4.42 Å². The summed E-state index contributed by atoms with van der Waals surface area (Å²) in [6, 6.07) is 8.61. The van der Waals surface area contributed by atoms with Gasteiger partial charge in [0.15, 0.2) is 0 Å². The molecular weight excluding hydrogens is 304 g/mol. The molecule has 116 valence electrons. The zero-order chi connectivity index (χ0) is 15.8. The monoisotopic (exact) mass is 320 g/mol. The number of carbonyl (C=O) groups is 2. The lowest BCUT2D eigenvalue weighted by atomic mass is 10.2. The lowest BCUT2D eigenvalue weighted by molar-refractivity contribution is -0.119. The van der Waals surface area contributed by atoms with E-state index in [9.17, 15) is 9.59 Å². The normalized spacial score (nSPS) is 10.2. The Kier molecular flexibility index (Phi) is 5.96. The molecule has 0 saturated carbocycles. The Morgan fingerprint density at radius 3 is 2.68 bits per heavy atom. The van der Waals surface area contributed by atoms with Gasteiger partial charge in [0.25, 0.3) is 11.1 Å². The molecule has 0 bridgehead atoms. The van der Waals surface area contributed by atoms with E-state index in [1.165, 1.54) is 0 Å². The van der Waals surface area contributed by atoms with Gasteiger partial charge in [-0.15, -0.1) is 10.2 Å². The lowest BCUT2D eigenvalue weighted by Crippen LogP contribution is -2.42. The van der Waals surface area contributed by atoms with E-state index in [-0.39, 0.29) is 17.6 Å². The highest BCUT2D eigenvalue weighted by molar-refractivity contribution is 7.99. The highest BCUT2D eigenvalue weighted by atomic mass is 32.2. The minimum Gasteiger partial charge on any atom is -0.416 e. The van der Waals surface area contributed by atoms with Crippen LogP contribution in [0.4, 0.5) is 0 Å². The van der Waals surface area contributed by atoms with Gasteiger partial charge in [-0.05, 0) is 18.6 Å². The van der Waals surface area contributed by atoms with Crippen LogP contribution in [-0.4, -0.2) is 27.8 Å². The average molecular weight is 320 g/mol. The minimum absolute atomic E-state index is 0.0723. The van der Waals surface area contributed by atoms with Crippen molar-refractivity contribution in [2.24, 2.45) is 0 Å². The molecule has 0 atom stereocenters. The summed E-state index contributed by atoms with van der Waals surface area (Å²) in [5, 5.41) is 8.03. The summed E-state index contributed by atoms with van der Waals surface area (Å²) in [7, 11) is 0. The molecule has 0 fully saturated rings. The van der Waals surface area contributed by atoms with E-state index in [0.29, 0.717) is 23.1 Å². The minimum atomic E-state index is -0.373. The molecule has 2 amide bonds. The molecule has 1 aromatic carbocycles. The first kappa shape index (κ1) is 16.0. The maximum absolute atomic E-state index is 11.7. The number of amides is 2. The topological polar surface area (TPSA) is 97.1 Å². The summed E-state index contributed by atoms with van der Waals surface area (Å²) >= 11 is 1.12. The van der Waals surface area contributed by atoms with Crippen molar-refractivity contribution < 1.29 is 14.0 Å². The maximum Gasteiger partial charge on any atom is 0.277 e. The highest BCUT2D eigenvalue weighted by Crippen LogP contribution is 2.16. The second-order valence-corrected chi connectivity index (χ2v) is 5.30. The number of benzene rings is 1. The number of thioether (sulfide) groups is 1. The first-order valence-corrected chi connectivity index (χ1v) is 7.77. The van der Waals surface area contributed by atoms with Crippen molar-refractivity contribution in [1.29, 1.82) is 0 Å². The third kappa shape index (κ3) is 4.88. The number of carbonyl (C=O) groups excluding carboxylic acids is 2. The highest BCUT2D eigenvalue weighted by Gasteiger charge is 2.10. The van der Waals surface area contributed by atoms with E-state index in [1.54, 1.807) is 24.3 Å². The molecule has 0 spiro atoms. The van der Waals surface area contributed by atoms with Crippen LogP contribution in [0.5, 0.6) is 0 Å². The average Bonchev–Trinajstić information content (AvgIpc) is 2.99. The Balaban J connectivity index is 1.72. The summed E-state index contributed by atoms with van der Waals surface area (Å²) in [5.74, 6) is -0.0997. The van der Waals surface area contributed by atoms with E-state index in [0.717, 1.165) is 18.2 Å². The van der Waals surface area contributed by atoms with Crippen molar-refractivity contribution in [2.75, 3.05) is 5.75 Å². The standard InChI is InChI=1S/C14H16N4O3S/c1-2-6-12-16-18-14(21-12)22-9-11(19)15-17-13(20)10-7-4-3-5-8-10/h3-5,7-8H,2,6,9H2,1H3,(H,15,19)(H,17,20). The van der Waals surface area contributed by atoms with Crippen molar-refractivity contribution in [2.45, 2.75) is 25.0 Å². The van der Waals surface area contributed by atoms with Gasteiger partial charge in [-0.3, -0.25) is 20.4 Å². The van der Waals surface area contributed by atoms with Crippen LogP contribution in [-0.2, 0) is 11.2 Å². The molecular formula is C14H16N4O3S. The Morgan fingerprint density at radius 2 is 1.95 bits per heavy atom. The molecule has 22 heavy (non-hydrogen) atoms. The van der Waals surface area contributed by atoms with Crippen molar-refractivity contribution in [3.8, 4) is 0 Å². The SMILES string of the molecule is CCCc1nnc(SCC(=O)NNC(=O)c2ccccc2)o1. The van der Waals surface area contributed by atoms with Crippen LogP contribution in [0, 0.1) is 0 Å². The molecule has 0 aliphatic rings. The Hall–Kier alpha value is -2.35. The zero-order valence-corrected chi connectivity index (χ0v) is 12.9. The molecule has 7 nitrogen and oxygen atoms in total. The van der Waals surface area contributed by atoms with Crippen molar-refractivity contribution in [3.63, 3.8) is 0 Å². The van der Waals surface area contributed by atoms with E-state index in [2.05, 4.69) is 21.0 Å². The van der Waals surface area contributed by atoms with Gasteiger partial charge in [-0.25, -0.2) is 0 Å². The molecule has 0 unspecified atom stereocenters. The Morgan fingerprint density at radius 1 is 1.18 bits per heavy atom. The molecule has 8 heteroatoms. The molecule has 0 aliphatic carbocycles. The summed E-state index contributed by atoms with van der Waals surface area (Å²) in [4.78, 5) is 23.4. The van der Waals surface area contributed by atoms with Crippen LogP contribution >= 0.6 is 11.8 Å². The molecule has 2 aromatic rings. The number of aryl methyl sites for hydroxylation is 1. The van der Waals surface area contributed by atoms with Gasteiger partial charge in [-0.1, -0.05) is 36.9 Å². The third-order valence-electron chi connectivity index (χ3n) is 2.59. The van der Waals surface area contributed by atoms with E-state index >= 15 is 0 Å². The zero-order valence-electron chi connectivity index (χ0n) is 12.0. The van der Waals surface area contributed by atoms with Gasteiger partial charge in [0.2, 0.25) is 11.8 Å². The Bertz CT molecular complexity index is 630. The summed E-state index contributed by atoms with van der Waals surface area (Å²) in [5.41, 5.74) is 5.15. The molecule has 0 aliphatic heterocycles. The smallest absolute Gasteiger partial charge is 0.277 e. The number of hydrogen-bond donors (Lipinski definition) is 2. The van der Waals surface area contributed by atoms with Gasteiger partial charge >= 0.3 is 0 Å². The number of hydrogen-bond acceptors (Lipinski definition) is 6. The fourth-order valence-electron chi connectivity index (χ4n) is 1.56. The van der Waals surface area contributed by atoms with Crippen LogP contribution < -0.4 is 10.9 Å². The second kappa shape index (κ2) is 8.18. The summed E-state index contributed by atoms with van der Waals surface area (Å²) in [6.45, 7) is 2.01. The van der Waals surface area contributed by atoms with Crippen molar-refractivity contribution >= 4 is 23.6 Å². The molecule has 0 saturated heterocycles. The van der Waals surface area contributed by atoms with E-state index < -0.39 is 0 Å². The van der Waals surface area contributed by atoms with Gasteiger partial charge in [-0.2, -0.15) is 0 Å². The fourth-order valence-corrected chi connectivity index (χ4v) is 2.14. The number of aromatic nitrogens is 2. The molecule has 1 heterocycles. The first-order chi connectivity index (χ1) is 10.7. The largest absolute Gasteiger partial charge is 0.416 e. The van der Waals surface area contributed by atoms with Crippen molar-refractivity contribution in [1.82, 2.24) is 21.0 Å². The molecule has 0 radical (unpaired) electrons. The number of rotatable bonds is 6. The second-order valence-electron chi connectivity index (χ2n) is 4.37.